The van der Waals surface area contributed by atoms with Gasteiger partial charge in [-0.1, -0.05) is 61.4 Å². The molecule has 2 N–H and O–H groups in total. The summed E-state index contributed by atoms with van der Waals surface area (Å²) in [6.07, 6.45) is 2.12. The molecule has 2 atom stereocenters. The van der Waals surface area contributed by atoms with E-state index < -0.39 is 24.1 Å². The molecular weight excluding hydrogens is 446 g/mol. The number of nitrogens with one attached hydrogen (secondary N) is 1. The van der Waals surface area contributed by atoms with E-state index in [1.54, 1.807) is 19.0 Å². The third-order valence-corrected chi connectivity index (χ3v) is 6.80. The predicted octanol–water partition coefficient (Wildman–Crippen LogP) is 3.31. The van der Waals surface area contributed by atoms with E-state index >= 15 is 0 Å². The van der Waals surface area contributed by atoms with Crippen molar-refractivity contribution in [3.63, 3.8) is 0 Å². The molecule has 0 radical (unpaired) electrons. The summed E-state index contributed by atoms with van der Waals surface area (Å²) in [4.78, 5) is 41.3. The highest BCUT2D eigenvalue weighted by Crippen LogP contribution is 2.44. The number of likely N-dealkylation sites (tertiary alicyclic amines) is 1. The average molecular weight is 480 g/mol. The average Bonchev–Trinajstić information content (AvgIpc) is 2.97. The van der Waals surface area contributed by atoms with Gasteiger partial charge in [0.15, 0.2) is 0 Å². The number of rotatable bonds is 7. The highest BCUT2D eigenvalue weighted by atomic mass is 16.5. The van der Waals surface area contributed by atoms with Crippen LogP contribution in [0.25, 0.3) is 11.1 Å². The first-order valence-electron chi connectivity index (χ1n) is 12.2. The summed E-state index contributed by atoms with van der Waals surface area (Å²) >= 11 is 0. The van der Waals surface area contributed by atoms with Crippen molar-refractivity contribution in [2.75, 3.05) is 33.8 Å². The first-order chi connectivity index (χ1) is 16.9. The molecule has 0 spiro atoms. The molecule has 2 amide bonds. The maximum atomic E-state index is 13.4. The molecule has 8 nitrogen and oxygen atoms in total. The van der Waals surface area contributed by atoms with Gasteiger partial charge in [0.25, 0.3) is 0 Å². The number of ether oxygens (including phenoxy) is 1. The summed E-state index contributed by atoms with van der Waals surface area (Å²) in [6, 6.07) is 14.4. The van der Waals surface area contributed by atoms with E-state index in [1.165, 1.54) is 4.90 Å². The molecule has 0 aromatic heterocycles. The lowest BCUT2D eigenvalue weighted by atomic mass is 9.98. The summed E-state index contributed by atoms with van der Waals surface area (Å²) in [6.45, 7) is 0.752. The Bertz CT molecular complexity index is 1040. The predicted molar refractivity (Wildman–Crippen MR) is 132 cm³/mol. The Morgan fingerprint density at radius 2 is 1.66 bits per heavy atom. The molecule has 2 aromatic rings. The SMILES string of the molecule is CN(C)C[C@H](NC(=O)OCC1c2ccccc2-c2ccccc21)C(=O)N1CCCCCC1C(=O)O. The molecule has 2 aromatic carbocycles. The van der Waals surface area contributed by atoms with Crippen molar-refractivity contribution in [1.82, 2.24) is 15.1 Å². The molecule has 1 heterocycles. The highest BCUT2D eigenvalue weighted by Gasteiger charge is 2.36. The van der Waals surface area contributed by atoms with Gasteiger partial charge in [-0.25, -0.2) is 9.59 Å². The lowest BCUT2D eigenvalue weighted by Crippen LogP contribution is -2.56. The fourth-order valence-electron chi connectivity index (χ4n) is 5.16. The maximum absolute atomic E-state index is 13.4. The van der Waals surface area contributed by atoms with Crippen LogP contribution in [0.5, 0.6) is 0 Å². The van der Waals surface area contributed by atoms with Crippen LogP contribution < -0.4 is 5.32 Å². The number of carboxylic acid groups (broad SMARTS) is 1. The van der Waals surface area contributed by atoms with Gasteiger partial charge in [-0.3, -0.25) is 4.79 Å². The third-order valence-electron chi connectivity index (χ3n) is 6.80. The van der Waals surface area contributed by atoms with Crippen molar-refractivity contribution in [2.24, 2.45) is 0 Å². The van der Waals surface area contributed by atoms with Crippen LogP contribution in [0.2, 0.25) is 0 Å². The van der Waals surface area contributed by atoms with Crippen molar-refractivity contribution >= 4 is 18.0 Å². The number of benzene rings is 2. The van der Waals surface area contributed by atoms with Crippen LogP contribution in [-0.2, 0) is 14.3 Å². The minimum absolute atomic E-state index is 0.0850. The first-order valence-corrected chi connectivity index (χ1v) is 12.2. The standard InChI is InChI=1S/C27H33N3O5/c1-29(2)16-23(25(31)30-15-9-3-4-14-24(30)26(32)33)28-27(34)35-17-22-20-12-7-5-10-18(20)19-11-6-8-13-21(19)22/h5-8,10-13,22-24H,3-4,9,14-17H2,1-2H3,(H,28,34)(H,32,33)/t23-,24?/m0/s1. The van der Waals surface area contributed by atoms with Crippen LogP contribution in [-0.4, -0.2) is 78.8 Å². The quantitative estimate of drug-likeness (QED) is 0.632. The smallest absolute Gasteiger partial charge is 0.407 e. The second-order valence-electron chi connectivity index (χ2n) is 9.52. The Kier molecular flexibility index (Phi) is 7.70. The number of aliphatic carboxylic acids is 1. The summed E-state index contributed by atoms with van der Waals surface area (Å²) in [5.74, 6) is -1.48. The first kappa shape index (κ1) is 24.7. The summed E-state index contributed by atoms with van der Waals surface area (Å²) in [7, 11) is 3.60. The van der Waals surface area contributed by atoms with Crippen molar-refractivity contribution in [2.45, 2.75) is 43.7 Å². The van der Waals surface area contributed by atoms with Gasteiger partial charge >= 0.3 is 12.1 Å². The Labute approximate surface area is 205 Å². The lowest BCUT2D eigenvalue weighted by Gasteiger charge is -2.32. The van der Waals surface area contributed by atoms with Gasteiger partial charge in [-0.2, -0.15) is 0 Å². The highest BCUT2D eigenvalue weighted by molar-refractivity contribution is 5.89. The Morgan fingerprint density at radius 3 is 2.26 bits per heavy atom. The zero-order valence-corrected chi connectivity index (χ0v) is 20.3. The van der Waals surface area contributed by atoms with Gasteiger partial charge in [0.1, 0.15) is 18.7 Å². The van der Waals surface area contributed by atoms with Gasteiger partial charge < -0.3 is 25.0 Å². The minimum atomic E-state index is -1.01. The van der Waals surface area contributed by atoms with Crippen molar-refractivity contribution in [3.05, 3.63) is 59.7 Å². The van der Waals surface area contributed by atoms with E-state index in [0.29, 0.717) is 13.0 Å². The summed E-state index contributed by atoms with van der Waals surface area (Å²) < 4.78 is 5.63. The van der Waals surface area contributed by atoms with Crippen LogP contribution in [0.1, 0.15) is 42.7 Å². The third kappa shape index (κ3) is 5.48. The van der Waals surface area contributed by atoms with Crippen LogP contribution >= 0.6 is 0 Å². The van der Waals surface area contributed by atoms with Crippen LogP contribution in [0.4, 0.5) is 4.79 Å². The molecule has 1 aliphatic carbocycles. The molecule has 1 fully saturated rings. The molecule has 35 heavy (non-hydrogen) atoms. The van der Waals surface area contributed by atoms with Crippen LogP contribution in [0.3, 0.4) is 0 Å². The number of amides is 2. The van der Waals surface area contributed by atoms with Crippen LogP contribution in [0.15, 0.2) is 48.5 Å². The number of carboxylic acids is 1. The summed E-state index contributed by atoms with van der Waals surface area (Å²) in [5.41, 5.74) is 4.49. The van der Waals surface area contributed by atoms with E-state index in [4.69, 9.17) is 4.74 Å². The fraction of sp³-hybridized carbons (Fsp3) is 0.444. The molecule has 1 saturated heterocycles. The van der Waals surface area contributed by atoms with Crippen molar-refractivity contribution < 1.29 is 24.2 Å². The van der Waals surface area contributed by atoms with Gasteiger partial charge in [-0.15, -0.1) is 0 Å². The second kappa shape index (κ2) is 10.9. The normalized spacial score (nSPS) is 18.4. The number of hydrogen-bond donors (Lipinski definition) is 2. The van der Waals surface area contributed by atoms with Gasteiger partial charge in [0.2, 0.25) is 5.91 Å². The number of fused-ring (bicyclic) bond motifs is 3. The Balaban J connectivity index is 1.46. The largest absolute Gasteiger partial charge is 0.480 e. The summed E-state index contributed by atoms with van der Waals surface area (Å²) in [5, 5.41) is 12.4. The van der Waals surface area contributed by atoms with E-state index in [-0.39, 0.29) is 25.0 Å². The Morgan fingerprint density at radius 1 is 1.03 bits per heavy atom. The van der Waals surface area contributed by atoms with E-state index in [0.717, 1.165) is 41.5 Å². The van der Waals surface area contributed by atoms with Gasteiger partial charge in [0, 0.05) is 19.0 Å². The zero-order chi connectivity index (χ0) is 24.9. The molecule has 0 bridgehead atoms. The number of carbonyl (C=O) groups is 3. The van der Waals surface area contributed by atoms with Gasteiger partial charge in [-0.05, 0) is 49.2 Å². The molecule has 1 aliphatic heterocycles. The second-order valence-corrected chi connectivity index (χ2v) is 9.52. The van der Waals surface area contributed by atoms with Crippen molar-refractivity contribution in [3.8, 4) is 11.1 Å². The van der Waals surface area contributed by atoms with Gasteiger partial charge in [0.05, 0.1) is 0 Å². The molecule has 1 unspecified atom stereocenters. The molecule has 4 rings (SSSR count). The molecular formula is C27H33N3O5. The maximum Gasteiger partial charge on any atom is 0.407 e. The Hall–Kier alpha value is -3.39. The minimum Gasteiger partial charge on any atom is -0.480 e. The molecule has 2 aliphatic rings. The number of hydrogen-bond acceptors (Lipinski definition) is 5. The number of likely N-dealkylation sites (N-methyl/N-ethyl adjacent to an activating group) is 1. The van der Waals surface area contributed by atoms with E-state index in [1.807, 2.05) is 36.4 Å². The lowest BCUT2D eigenvalue weighted by molar-refractivity contribution is -0.151. The zero-order valence-electron chi connectivity index (χ0n) is 20.3. The van der Waals surface area contributed by atoms with Crippen molar-refractivity contribution in [1.29, 1.82) is 0 Å². The number of alkyl carbamates (subject to hydrolysis) is 1. The monoisotopic (exact) mass is 479 g/mol. The number of nitrogens with zero attached hydrogens (tertiary/aromatic N) is 2. The fourth-order valence-corrected chi connectivity index (χ4v) is 5.16. The number of carbonyl (C=O) groups excluding carboxylic acids is 2. The molecule has 186 valence electrons. The van der Waals surface area contributed by atoms with E-state index in [9.17, 15) is 19.5 Å². The van der Waals surface area contributed by atoms with Crippen LogP contribution in [0, 0.1) is 0 Å². The molecule has 0 saturated carbocycles. The molecule has 8 heteroatoms. The van der Waals surface area contributed by atoms with E-state index in [2.05, 4.69) is 17.4 Å². The topological polar surface area (TPSA) is 99.2 Å².